The molecule has 0 aromatic heterocycles. The third-order valence-corrected chi connectivity index (χ3v) is 2.13. The Bertz CT molecular complexity index is 300. The first kappa shape index (κ1) is 12.8. The Morgan fingerprint density at radius 1 is 1.38 bits per heavy atom. The van der Waals surface area contributed by atoms with Gasteiger partial charge >= 0.3 is 0 Å². The lowest BCUT2D eigenvalue weighted by Gasteiger charge is -2.11. The molecule has 0 spiro atoms. The Balaban J connectivity index is 2.43. The Hall–Kier alpha value is -1.22. The van der Waals surface area contributed by atoms with Gasteiger partial charge in [-0.25, -0.2) is 0 Å². The van der Waals surface area contributed by atoms with Crippen molar-refractivity contribution in [2.75, 3.05) is 25.0 Å². The molecule has 0 aliphatic rings. The summed E-state index contributed by atoms with van der Waals surface area (Å²) in [6.45, 7) is 6.67. The van der Waals surface area contributed by atoms with Crippen molar-refractivity contribution >= 4 is 5.69 Å². The van der Waals surface area contributed by atoms with Gasteiger partial charge in [0.15, 0.2) is 0 Å². The lowest BCUT2D eigenvalue weighted by molar-refractivity contribution is 0.271. The maximum absolute atomic E-state index is 5.65. The van der Waals surface area contributed by atoms with E-state index in [9.17, 15) is 0 Å². The van der Waals surface area contributed by atoms with E-state index in [-0.39, 0.29) is 0 Å². The molecule has 0 radical (unpaired) electrons. The standard InChI is InChI=1S/C13H22N2O/c1-11(2)10-16-13-6-3-5-12(9-13)15-8-4-7-14/h3,5-6,9,11,15H,4,7-8,10,14H2,1-2H3. The van der Waals surface area contributed by atoms with Gasteiger partial charge in [0.2, 0.25) is 0 Å². The van der Waals surface area contributed by atoms with Gasteiger partial charge in [0.05, 0.1) is 6.61 Å². The molecule has 3 heteroatoms. The number of hydrogen-bond donors (Lipinski definition) is 2. The molecule has 0 aliphatic carbocycles. The monoisotopic (exact) mass is 222 g/mol. The van der Waals surface area contributed by atoms with Gasteiger partial charge in [-0.15, -0.1) is 0 Å². The topological polar surface area (TPSA) is 47.3 Å². The predicted octanol–water partition coefficient (Wildman–Crippen LogP) is 2.48. The molecule has 0 atom stereocenters. The first-order valence-corrected chi connectivity index (χ1v) is 5.89. The van der Waals surface area contributed by atoms with Crippen molar-refractivity contribution < 1.29 is 4.74 Å². The molecule has 0 saturated carbocycles. The highest BCUT2D eigenvalue weighted by Gasteiger charge is 1.98. The molecule has 1 aromatic carbocycles. The zero-order valence-corrected chi connectivity index (χ0v) is 10.2. The molecule has 0 amide bonds. The van der Waals surface area contributed by atoms with E-state index in [1.165, 1.54) is 0 Å². The van der Waals surface area contributed by atoms with Gasteiger partial charge in [-0.05, 0) is 31.0 Å². The highest BCUT2D eigenvalue weighted by molar-refractivity contribution is 5.48. The van der Waals surface area contributed by atoms with Gasteiger partial charge in [0.1, 0.15) is 5.75 Å². The molecular weight excluding hydrogens is 200 g/mol. The van der Waals surface area contributed by atoms with E-state index < -0.39 is 0 Å². The molecule has 3 N–H and O–H groups in total. The lowest BCUT2D eigenvalue weighted by atomic mass is 10.2. The van der Waals surface area contributed by atoms with E-state index in [0.717, 1.165) is 37.6 Å². The van der Waals surface area contributed by atoms with Crippen molar-refractivity contribution in [3.63, 3.8) is 0 Å². The lowest BCUT2D eigenvalue weighted by Crippen LogP contribution is -2.08. The van der Waals surface area contributed by atoms with Crippen LogP contribution in [-0.2, 0) is 0 Å². The molecule has 0 unspecified atom stereocenters. The highest BCUT2D eigenvalue weighted by atomic mass is 16.5. The van der Waals surface area contributed by atoms with Gasteiger partial charge in [-0.1, -0.05) is 19.9 Å². The zero-order valence-electron chi connectivity index (χ0n) is 10.2. The second-order valence-corrected chi connectivity index (χ2v) is 4.30. The van der Waals surface area contributed by atoms with E-state index in [1.807, 2.05) is 24.3 Å². The van der Waals surface area contributed by atoms with Crippen LogP contribution in [0.3, 0.4) is 0 Å². The Labute approximate surface area is 98.0 Å². The molecule has 0 bridgehead atoms. The Morgan fingerprint density at radius 2 is 2.19 bits per heavy atom. The first-order chi connectivity index (χ1) is 7.72. The van der Waals surface area contributed by atoms with Crippen molar-refractivity contribution in [3.05, 3.63) is 24.3 Å². The molecule has 16 heavy (non-hydrogen) atoms. The summed E-state index contributed by atoms with van der Waals surface area (Å²) in [5, 5.41) is 3.31. The van der Waals surface area contributed by atoms with Gasteiger partial charge in [0, 0.05) is 18.3 Å². The van der Waals surface area contributed by atoms with Crippen LogP contribution < -0.4 is 15.8 Å². The van der Waals surface area contributed by atoms with Gasteiger partial charge in [0.25, 0.3) is 0 Å². The van der Waals surface area contributed by atoms with Gasteiger partial charge in [-0.2, -0.15) is 0 Å². The Morgan fingerprint density at radius 3 is 2.88 bits per heavy atom. The average Bonchev–Trinajstić information content (AvgIpc) is 2.27. The smallest absolute Gasteiger partial charge is 0.121 e. The normalized spacial score (nSPS) is 10.5. The van der Waals surface area contributed by atoms with Crippen molar-refractivity contribution in [2.24, 2.45) is 11.7 Å². The molecule has 1 rings (SSSR count). The number of rotatable bonds is 7. The largest absolute Gasteiger partial charge is 0.493 e. The van der Waals surface area contributed by atoms with Crippen LogP contribution in [0.1, 0.15) is 20.3 Å². The summed E-state index contributed by atoms with van der Waals surface area (Å²) in [4.78, 5) is 0. The summed E-state index contributed by atoms with van der Waals surface area (Å²) in [6, 6.07) is 8.05. The number of hydrogen-bond acceptors (Lipinski definition) is 3. The van der Waals surface area contributed by atoms with Crippen LogP contribution in [0.25, 0.3) is 0 Å². The zero-order chi connectivity index (χ0) is 11.8. The highest BCUT2D eigenvalue weighted by Crippen LogP contribution is 2.17. The first-order valence-electron chi connectivity index (χ1n) is 5.89. The minimum absolute atomic E-state index is 0.550. The fourth-order valence-corrected chi connectivity index (χ4v) is 1.29. The summed E-state index contributed by atoms with van der Waals surface area (Å²) >= 11 is 0. The summed E-state index contributed by atoms with van der Waals surface area (Å²) < 4.78 is 5.65. The minimum Gasteiger partial charge on any atom is -0.493 e. The maximum Gasteiger partial charge on any atom is 0.121 e. The van der Waals surface area contributed by atoms with Crippen LogP contribution in [0.5, 0.6) is 5.75 Å². The van der Waals surface area contributed by atoms with Crippen molar-refractivity contribution in [1.29, 1.82) is 0 Å². The molecule has 0 saturated heterocycles. The molecule has 0 fully saturated rings. The number of nitrogens with one attached hydrogen (secondary N) is 1. The van der Waals surface area contributed by atoms with Gasteiger partial charge in [-0.3, -0.25) is 0 Å². The predicted molar refractivity (Wildman–Crippen MR) is 68.9 cm³/mol. The van der Waals surface area contributed by atoms with Crippen molar-refractivity contribution in [2.45, 2.75) is 20.3 Å². The van der Waals surface area contributed by atoms with Crippen LogP contribution >= 0.6 is 0 Å². The fraction of sp³-hybridized carbons (Fsp3) is 0.538. The van der Waals surface area contributed by atoms with Crippen LogP contribution in [0.4, 0.5) is 5.69 Å². The van der Waals surface area contributed by atoms with Gasteiger partial charge < -0.3 is 15.8 Å². The molecular formula is C13H22N2O. The number of anilines is 1. The average molecular weight is 222 g/mol. The van der Waals surface area contributed by atoms with E-state index in [0.29, 0.717) is 5.92 Å². The van der Waals surface area contributed by atoms with E-state index in [2.05, 4.69) is 19.2 Å². The van der Waals surface area contributed by atoms with Crippen LogP contribution in [0.15, 0.2) is 24.3 Å². The second-order valence-electron chi connectivity index (χ2n) is 4.30. The van der Waals surface area contributed by atoms with E-state index in [4.69, 9.17) is 10.5 Å². The summed E-state index contributed by atoms with van der Waals surface area (Å²) in [5.41, 5.74) is 6.53. The van der Waals surface area contributed by atoms with Crippen LogP contribution in [-0.4, -0.2) is 19.7 Å². The SMILES string of the molecule is CC(C)COc1cccc(NCCCN)c1. The minimum atomic E-state index is 0.550. The molecule has 3 nitrogen and oxygen atoms in total. The Kier molecular flexibility index (Phi) is 5.72. The number of ether oxygens (including phenoxy) is 1. The van der Waals surface area contributed by atoms with E-state index >= 15 is 0 Å². The van der Waals surface area contributed by atoms with Crippen LogP contribution in [0.2, 0.25) is 0 Å². The molecule has 1 aromatic rings. The second kappa shape index (κ2) is 7.12. The summed E-state index contributed by atoms with van der Waals surface area (Å²) in [7, 11) is 0. The molecule has 0 aliphatic heterocycles. The third-order valence-electron chi connectivity index (χ3n) is 2.13. The van der Waals surface area contributed by atoms with Crippen LogP contribution in [0, 0.1) is 5.92 Å². The number of nitrogens with two attached hydrogens (primary N) is 1. The van der Waals surface area contributed by atoms with Crippen molar-refractivity contribution in [3.8, 4) is 5.75 Å². The maximum atomic E-state index is 5.65. The summed E-state index contributed by atoms with van der Waals surface area (Å²) in [5.74, 6) is 1.47. The third kappa shape index (κ3) is 5.03. The van der Waals surface area contributed by atoms with E-state index in [1.54, 1.807) is 0 Å². The quantitative estimate of drug-likeness (QED) is 0.697. The summed E-state index contributed by atoms with van der Waals surface area (Å²) in [6.07, 6.45) is 0.983. The van der Waals surface area contributed by atoms with Crippen molar-refractivity contribution in [1.82, 2.24) is 0 Å². The number of benzene rings is 1. The molecule has 0 heterocycles. The molecule has 90 valence electrons. The fourth-order valence-electron chi connectivity index (χ4n) is 1.29.